The Balaban J connectivity index is 1.99. The first-order valence-corrected chi connectivity index (χ1v) is 7.20. The highest BCUT2D eigenvalue weighted by Crippen LogP contribution is 2.22. The van der Waals surface area contributed by atoms with Crippen molar-refractivity contribution in [3.05, 3.63) is 24.3 Å². The van der Waals surface area contributed by atoms with E-state index in [9.17, 15) is 4.79 Å². The molecule has 5 heteroatoms. The molecule has 1 aliphatic rings. The van der Waals surface area contributed by atoms with Gasteiger partial charge in [-0.15, -0.1) is 0 Å². The molecule has 1 saturated heterocycles. The number of aliphatic carboxylic acids is 1. The molecule has 5 nitrogen and oxygen atoms in total. The topological polar surface area (TPSA) is 69.8 Å². The number of carboxylic acids is 1. The van der Waals surface area contributed by atoms with Gasteiger partial charge in [0.25, 0.3) is 0 Å². The fraction of sp³-hybridized carbons (Fsp3) is 0.533. The zero-order chi connectivity index (χ0) is 14.4. The number of likely N-dealkylation sites (tertiary alicyclic amines) is 1. The quantitative estimate of drug-likeness (QED) is 0.742. The predicted octanol–water partition coefficient (Wildman–Crippen LogP) is 1.65. The van der Waals surface area contributed by atoms with Gasteiger partial charge in [-0.05, 0) is 38.1 Å². The lowest BCUT2D eigenvalue weighted by molar-refractivity contribution is -0.136. The molecule has 2 rings (SSSR count). The molecular weight excluding hydrogens is 254 g/mol. The molecule has 0 atom stereocenters. The minimum Gasteiger partial charge on any atom is -0.481 e. The molecule has 0 aliphatic carbocycles. The third-order valence-corrected chi connectivity index (χ3v) is 3.76. The number of para-hydroxylation sites is 2. The molecule has 110 valence electrons. The second kappa shape index (κ2) is 7.14. The molecule has 1 heterocycles. The summed E-state index contributed by atoms with van der Waals surface area (Å²) in [6.07, 6.45) is 2.67. The number of nitrogens with zero attached hydrogens (tertiary/aromatic N) is 2. The monoisotopic (exact) mass is 277 g/mol. The first-order chi connectivity index (χ1) is 9.66. The van der Waals surface area contributed by atoms with Crippen molar-refractivity contribution in [2.24, 2.45) is 0 Å². The molecule has 1 fully saturated rings. The summed E-state index contributed by atoms with van der Waals surface area (Å²) in [7, 11) is 0. The van der Waals surface area contributed by atoms with Crippen molar-refractivity contribution in [1.29, 1.82) is 0 Å². The molecular formula is C15H23N3O2. The van der Waals surface area contributed by atoms with Gasteiger partial charge in [0.05, 0.1) is 17.8 Å². The summed E-state index contributed by atoms with van der Waals surface area (Å²) in [6, 6.07) is 7.66. The number of anilines is 2. The molecule has 0 spiro atoms. The van der Waals surface area contributed by atoms with Crippen LogP contribution in [0.15, 0.2) is 24.3 Å². The number of carbonyl (C=O) groups is 1. The van der Waals surface area contributed by atoms with Gasteiger partial charge >= 0.3 is 5.97 Å². The molecule has 20 heavy (non-hydrogen) atoms. The van der Waals surface area contributed by atoms with Crippen molar-refractivity contribution in [2.45, 2.75) is 19.3 Å². The van der Waals surface area contributed by atoms with Crippen LogP contribution >= 0.6 is 0 Å². The Morgan fingerprint density at radius 1 is 1.25 bits per heavy atom. The van der Waals surface area contributed by atoms with E-state index in [1.807, 2.05) is 24.3 Å². The van der Waals surface area contributed by atoms with Crippen LogP contribution in [0, 0.1) is 0 Å². The van der Waals surface area contributed by atoms with Crippen LogP contribution in [0.5, 0.6) is 0 Å². The SMILES string of the molecule is Nc1ccccc1N(CCC(=O)O)CCN1CCCC1. The van der Waals surface area contributed by atoms with Crippen LogP contribution in [0.3, 0.4) is 0 Å². The number of hydrogen-bond acceptors (Lipinski definition) is 4. The van der Waals surface area contributed by atoms with Crippen molar-refractivity contribution in [1.82, 2.24) is 4.90 Å². The Hall–Kier alpha value is -1.75. The van der Waals surface area contributed by atoms with Gasteiger partial charge in [-0.25, -0.2) is 0 Å². The smallest absolute Gasteiger partial charge is 0.305 e. The summed E-state index contributed by atoms with van der Waals surface area (Å²) in [5.74, 6) is -0.773. The Labute approximate surface area is 120 Å². The molecule has 0 bridgehead atoms. The van der Waals surface area contributed by atoms with Gasteiger partial charge in [0, 0.05) is 19.6 Å². The van der Waals surface area contributed by atoms with E-state index in [2.05, 4.69) is 9.80 Å². The van der Waals surface area contributed by atoms with Crippen LogP contribution < -0.4 is 10.6 Å². The summed E-state index contributed by atoms with van der Waals surface area (Å²) in [6.45, 7) is 4.58. The van der Waals surface area contributed by atoms with Gasteiger partial charge in [0.2, 0.25) is 0 Å². The predicted molar refractivity (Wildman–Crippen MR) is 81.0 cm³/mol. The van der Waals surface area contributed by atoms with Crippen molar-refractivity contribution < 1.29 is 9.90 Å². The molecule has 1 aliphatic heterocycles. The van der Waals surface area contributed by atoms with Gasteiger partial charge in [-0.1, -0.05) is 12.1 Å². The van der Waals surface area contributed by atoms with Gasteiger partial charge in [-0.3, -0.25) is 4.79 Å². The number of nitrogen functional groups attached to an aromatic ring is 1. The van der Waals surface area contributed by atoms with Crippen LogP contribution in [0.2, 0.25) is 0 Å². The van der Waals surface area contributed by atoms with Crippen LogP contribution in [-0.4, -0.2) is 48.7 Å². The van der Waals surface area contributed by atoms with E-state index in [4.69, 9.17) is 10.8 Å². The standard InChI is InChI=1S/C15H23N3O2/c16-13-5-1-2-6-14(13)18(10-7-15(19)20)12-11-17-8-3-4-9-17/h1-2,5-6H,3-4,7-12,16H2,(H,19,20). The number of nitrogens with two attached hydrogens (primary N) is 1. The van der Waals surface area contributed by atoms with E-state index in [1.165, 1.54) is 12.8 Å². The van der Waals surface area contributed by atoms with Crippen molar-refractivity contribution >= 4 is 17.3 Å². The van der Waals surface area contributed by atoms with Gasteiger partial charge in [-0.2, -0.15) is 0 Å². The third-order valence-electron chi connectivity index (χ3n) is 3.76. The van der Waals surface area contributed by atoms with Crippen molar-refractivity contribution in [3.63, 3.8) is 0 Å². The fourth-order valence-corrected chi connectivity index (χ4v) is 2.63. The van der Waals surface area contributed by atoms with Crippen LogP contribution in [0.1, 0.15) is 19.3 Å². The van der Waals surface area contributed by atoms with E-state index < -0.39 is 5.97 Å². The summed E-state index contributed by atoms with van der Waals surface area (Å²) < 4.78 is 0. The summed E-state index contributed by atoms with van der Waals surface area (Å²) in [4.78, 5) is 15.3. The normalized spacial score (nSPS) is 15.4. The maximum Gasteiger partial charge on any atom is 0.305 e. The van der Waals surface area contributed by atoms with Crippen LogP contribution in [0.25, 0.3) is 0 Å². The van der Waals surface area contributed by atoms with E-state index in [1.54, 1.807) is 0 Å². The highest BCUT2D eigenvalue weighted by Gasteiger charge is 2.15. The summed E-state index contributed by atoms with van der Waals surface area (Å²) in [5.41, 5.74) is 7.65. The third kappa shape index (κ3) is 4.13. The lowest BCUT2D eigenvalue weighted by Gasteiger charge is -2.28. The summed E-state index contributed by atoms with van der Waals surface area (Å²) in [5, 5.41) is 8.89. The van der Waals surface area contributed by atoms with E-state index in [0.29, 0.717) is 12.2 Å². The average molecular weight is 277 g/mol. The lowest BCUT2D eigenvalue weighted by Crippen LogP contribution is -2.35. The van der Waals surface area contributed by atoms with Crippen LogP contribution in [0.4, 0.5) is 11.4 Å². The second-order valence-electron chi connectivity index (χ2n) is 5.24. The van der Waals surface area contributed by atoms with Gasteiger partial charge < -0.3 is 20.6 Å². The maximum atomic E-state index is 10.8. The Morgan fingerprint density at radius 2 is 1.95 bits per heavy atom. The minimum atomic E-state index is -0.773. The zero-order valence-electron chi connectivity index (χ0n) is 11.8. The highest BCUT2D eigenvalue weighted by atomic mass is 16.4. The Morgan fingerprint density at radius 3 is 2.60 bits per heavy atom. The molecule has 0 aromatic heterocycles. The maximum absolute atomic E-state index is 10.8. The zero-order valence-corrected chi connectivity index (χ0v) is 11.8. The highest BCUT2D eigenvalue weighted by molar-refractivity contribution is 5.70. The molecule has 1 aromatic rings. The second-order valence-corrected chi connectivity index (χ2v) is 5.24. The first-order valence-electron chi connectivity index (χ1n) is 7.20. The van der Waals surface area contributed by atoms with Crippen molar-refractivity contribution in [3.8, 4) is 0 Å². The first kappa shape index (κ1) is 14.7. The molecule has 0 amide bonds. The molecule has 0 radical (unpaired) electrons. The Bertz CT molecular complexity index is 444. The molecule has 3 N–H and O–H groups in total. The number of hydrogen-bond donors (Lipinski definition) is 2. The lowest BCUT2D eigenvalue weighted by atomic mass is 10.2. The summed E-state index contributed by atoms with van der Waals surface area (Å²) >= 11 is 0. The number of rotatable bonds is 7. The average Bonchev–Trinajstić information content (AvgIpc) is 2.93. The molecule has 0 unspecified atom stereocenters. The van der Waals surface area contributed by atoms with E-state index in [0.717, 1.165) is 31.9 Å². The minimum absolute atomic E-state index is 0.133. The van der Waals surface area contributed by atoms with Crippen LogP contribution in [-0.2, 0) is 4.79 Å². The Kier molecular flexibility index (Phi) is 5.24. The largest absolute Gasteiger partial charge is 0.481 e. The number of carboxylic acid groups (broad SMARTS) is 1. The van der Waals surface area contributed by atoms with Gasteiger partial charge in [0.15, 0.2) is 0 Å². The molecule has 0 saturated carbocycles. The van der Waals surface area contributed by atoms with Crippen molar-refractivity contribution in [2.75, 3.05) is 43.4 Å². The fourth-order valence-electron chi connectivity index (χ4n) is 2.63. The van der Waals surface area contributed by atoms with Gasteiger partial charge in [0.1, 0.15) is 0 Å². The number of benzene rings is 1. The molecule has 1 aromatic carbocycles. The van der Waals surface area contributed by atoms with E-state index >= 15 is 0 Å². The van der Waals surface area contributed by atoms with E-state index in [-0.39, 0.29) is 6.42 Å².